The van der Waals surface area contributed by atoms with E-state index in [4.69, 9.17) is 16.1 Å². The van der Waals surface area contributed by atoms with Crippen LogP contribution in [-0.2, 0) is 9.59 Å². The van der Waals surface area contributed by atoms with Gasteiger partial charge in [-0.3, -0.25) is 9.59 Å². The number of likely N-dealkylation sites (tertiary alicyclic amines) is 1. The van der Waals surface area contributed by atoms with Crippen molar-refractivity contribution in [1.82, 2.24) is 15.0 Å². The van der Waals surface area contributed by atoms with Gasteiger partial charge in [0, 0.05) is 10.9 Å². The van der Waals surface area contributed by atoms with E-state index in [0.29, 0.717) is 35.5 Å². The van der Waals surface area contributed by atoms with E-state index < -0.39 is 17.4 Å². The maximum atomic E-state index is 13.5. The summed E-state index contributed by atoms with van der Waals surface area (Å²) in [6, 6.07) is 6.73. The van der Waals surface area contributed by atoms with Gasteiger partial charge >= 0.3 is 5.97 Å². The lowest BCUT2D eigenvalue weighted by molar-refractivity contribution is -0.159. The molecule has 2 fully saturated rings. The predicted octanol–water partition coefficient (Wildman–Crippen LogP) is 4.51. The van der Waals surface area contributed by atoms with Gasteiger partial charge in [0.15, 0.2) is 5.82 Å². The molecule has 2 unspecified atom stereocenters. The van der Waals surface area contributed by atoms with Crippen molar-refractivity contribution in [3.8, 4) is 0 Å². The number of rotatable bonds is 6. The average Bonchev–Trinajstić information content (AvgIpc) is 3.40. The van der Waals surface area contributed by atoms with Crippen LogP contribution < -0.4 is 0 Å². The number of halogens is 1. The summed E-state index contributed by atoms with van der Waals surface area (Å²) in [6.45, 7) is 3.59. The minimum Gasteiger partial charge on any atom is -0.481 e. The van der Waals surface area contributed by atoms with E-state index in [9.17, 15) is 14.7 Å². The number of hydrogen-bond acceptors (Lipinski definition) is 5. The maximum absolute atomic E-state index is 13.5. The van der Waals surface area contributed by atoms with Crippen molar-refractivity contribution in [3.05, 3.63) is 46.6 Å². The summed E-state index contributed by atoms with van der Waals surface area (Å²) in [5, 5.41) is 14.0. The molecule has 0 radical (unpaired) electrons. The molecule has 2 aromatic rings. The molecule has 154 valence electrons. The minimum absolute atomic E-state index is 0.204. The lowest BCUT2D eigenvalue weighted by Crippen LogP contribution is -2.50. The number of carbonyl (C=O) groups excluding carboxylic acids is 1. The number of carbonyl (C=O) groups is 2. The van der Waals surface area contributed by atoms with E-state index in [1.54, 1.807) is 24.0 Å². The standard InChI is InChI=1S/C21H24ClN3O4/c1-12(19-23-18(24-29-19)14-3-4-14)25-16(13-5-7-15(22)8-6-13)9-10-21(2,20(25)28)11-17(26)27/h5-8,12,14,16H,3-4,9-11H2,1-2H3,(H,26,27)/t12?,16?,21-/m1/s1. The molecule has 4 rings (SSSR count). The lowest BCUT2D eigenvalue weighted by atomic mass is 9.74. The molecule has 2 heterocycles. The summed E-state index contributed by atoms with van der Waals surface area (Å²) in [5.74, 6) is 0.240. The number of benzene rings is 1. The van der Waals surface area contributed by atoms with Gasteiger partial charge in [-0.1, -0.05) is 35.8 Å². The zero-order chi connectivity index (χ0) is 20.8. The van der Waals surface area contributed by atoms with Crippen molar-refractivity contribution >= 4 is 23.5 Å². The quantitative estimate of drug-likeness (QED) is 0.742. The smallest absolute Gasteiger partial charge is 0.304 e. The predicted molar refractivity (Wildman–Crippen MR) is 105 cm³/mol. The van der Waals surface area contributed by atoms with Crippen LogP contribution in [0.5, 0.6) is 0 Å². The Balaban J connectivity index is 1.69. The van der Waals surface area contributed by atoms with Gasteiger partial charge in [0.1, 0.15) is 6.04 Å². The van der Waals surface area contributed by atoms with E-state index in [-0.39, 0.29) is 18.4 Å². The topological polar surface area (TPSA) is 96.5 Å². The van der Waals surface area contributed by atoms with E-state index in [1.165, 1.54) is 0 Å². The summed E-state index contributed by atoms with van der Waals surface area (Å²) < 4.78 is 5.49. The van der Waals surface area contributed by atoms with Crippen LogP contribution >= 0.6 is 11.6 Å². The molecule has 7 nitrogen and oxygen atoms in total. The van der Waals surface area contributed by atoms with E-state index in [1.807, 2.05) is 19.1 Å². The van der Waals surface area contributed by atoms with E-state index in [2.05, 4.69) is 10.1 Å². The monoisotopic (exact) mass is 417 g/mol. The largest absolute Gasteiger partial charge is 0.481 e. The van der Waals surface area contributed by atoms with Crippen molar-refractivity contribution in [2.75, 3.05) is 0 Å². The van der Waals surface area contributed by atoms with Crippen LogP contribution in [0.3, 0.4) is 0 Å². The molecule has 2 aliphatic rings. The normalized spacial score (nSPS) is 25.8. The second-order valence-corrected chi connectivity index (χ2v) is 8.83. The number of aromatic nitrogens is 2. The van der Waals surface area contributed by atoms with Crippen molar-refractivity contribution in [2.45, 2.75) is 64.0 Å². The molecule has 8 heteroatoms. The third-order valence-corrected chi connectivity index (χ3v) is 6.28. The fraction of sp³-hybridized carbons (Fsp3) is 0.524. The Morgan fingerprint density at radius 3 is 2.66 bits per heavy atom. The number of aliphatic carboxylic acids is 1. The van der Waals surface area contributed by atoms with Crippen LogP contribution in [0.1, 0.15) is 81.2 Å². The zero-order valence-corrected chi connectivity index (χ0v) is 17.2. The van der Waals surface area contributed by atoms with Crippen molar-refractivity contribution in [1.29, 1.82) is 0 Å². The second kappa shape index (κ2) is 7.44. The number of amides is 1. The molecule has 1 saturated heterocycles. The highest BCUT2D eigenvalue weighted by Gasteiger charge is 2.48. The Labute approximate surface area is 174 Å². The first-order chi connectivity index (χ1) is 13.8. The average molecular weight is 418 g/mol. The van der Waals surface area contributed by atoms with Gasteiger partial charge in [-0.2, -0.15) is 4.98 Å². The fourth-order valence-electron chi connectivity index (χ4n) is 4.15. The Kier molecular flexibility index (Phi) is 5.11. The van der Waals surface area contributed by atoms with Gasteiger partial charge in [0.05, 0.1) is 17.9 Å². The molecule has 1 aliphatic heterocycles. The highest BCUT2D eigenvalue weighted by molar-refractivity contribution is 6.30. The lowest BCUT2D eigenvalue weighted by Gasteiger charge is -2.46. The van der Waals surface area contributed by atoms with Gasteiger partial charge in [0.25, 0.3) is 0 Å². The third kappa shape index (κ3) is 3.88. The molecule has 0 bridgehead atoms. The molecular weight excluding hydrogens is 394 g/mol. The molecule has 29 heavy (non-hydrogen) atoms. The van der Waals surface area contributed by atoms with E-state index in [0.717, 1.165) is 18.4 Å². The SMILES string of the molecule is CC(c1nc(C2CC2)no1)N1C(=O)[C@@](C)(CC(=O)O)CCC1c1ccc(Cl)cc1. The zero-order valence-electron chi connectivity index (χ0n) is 16.5. The number of hydrogen-bond donors (Lipinski definition) is 1. The van der Waals surface area contributed by atoms with Crippen LogP contribution in [0.2, 0.25) is 5.02 Å². The second-order valence-electron chi connectivity index (χ2n) is 8.39. The molecule has 1 amide bonds. The van der Waals surface area contributed by atoms with Crippen LogP contribution in [-0.4, -0.2) is 32.0 Å². The third-order valence-electron chi connectivity index (χ3n) is 6.03. The van der Waals surface area contributed by atoms with E-state index >= 15 is 0 Å². The number of piperidine rings is 1. The summed E-state index contributed by atoms with van der Waals surface area (Å²) in [5.41, 5.74) is -0.0172. The first-order valence-corrected chi connectivity index (χ1v) is 10.3. The summed E-state index contributed by atoms with van der Waals surface area (Å²) >= 11 is 6.04. The van der Waals surface area contributed by atoms with Crippen LogP contribution in [0.4, 0.5) is 0 Å². The molecule has 0 spiro atoms. The Morgan fingerprint density at radius 2 is 2.03 bits per heavy atom. The van der Waals surface area contributed by atoms with Gasteiger partial charge in [-0.15, -0.1) is 0 Å². The maximum Gasteiger partial charge on any atom is 0.304 e. The van der Waals surface area contributed by atoms with Gasteiger partial charge < -0.3 is 14.5 Å². The number of carboxylic acids is 1. The Morgan fingerprint density at radius 1 is 1.34 bits per heavy atom. The molecule has 1 aromatic heterocycles. The summed E-state index contributed by atoms with van der Waals surface area (Å²) in [4.78, 5) is 31.2. The minimum atomic E-state index is -0.979. The van der Waals surface area contributed by atoms with Crippen molar-refractivity contribution in [2.24, 2.45) is 5.41 Å². The first-order valence-electron chi connectivity index (χ1n) is 9.92. The first kappa shape index (κ1) is 19.9. The highest BCUT2D eigenvalue weighted by atomic mass is 35.5. The van der Waals surface area contributed by atoms with Crippen LogP contribution in [0, 0.1) is 5.41 Å². The van der Waals surface area contributed by atoms with Gasteiger partial charge in [-0.05, 0) is 50.3 Å². The van der Waals surface area contributed by atoms with Crippen LogP contribution in [0.25, 0.3) is 0 Å². The van der Waals surface area contributed by atoms with Crippen molar-refractivity contribution in [3.63, 3.8) is 0 Å². The van der Waals surface area contributed by atoms with Crippen molar-refractivity contribution < 1.29 is 19.2 Å². The Hall–Kier alpha value is -2.41. The molecule has 1 N–H and O–H groups in total. The molecular formula is C21H24ClN3O4. The molecule has 3 atom stereocenters. The summed E-state index contributed by atoms with van der Waals surface area (Å²) in [6.07, 6.45) is 3.04. The number of nitrogens with zero attached hydrogens (tertiary/aromatic N) is 3. The summed E-state index contributed by atoms with van der Waals surface area (Å²) in [7, 11) is 0. The highest BCUT2D eigenvalue weighted by Crippen LogP contribution is 2.46. The Bertz CT molecular complexity index is 924. The van der Waals surface area contributed by atoms with Crippen LogP contribution in [0.15, 0.2) is 28.8 Å². The van der Waals surface area contributed by atoms with Gasteiger partial charge in [0.2, 0.25) is 11.8 Å². The van der Waals surface area contributed by atoms with Gasteiger partial charge in [-0.25, -0.2) is 0 Å². The molecule has 1 aliphatic carbocycles. The molecule has 1 saturated carbocycles. The number of carboxylic acid groups (broad SMARTS) is 1. The fourth-order valence-corrected chi connectivity index (χ4v) is 4.28. The molecule has 1 aromatic carbocycles.